The van der Waals surface area contributed by atoms with Crippen molar-refractivity contribution in [3.63, 3.8) is 0 Å². The number of hydrogen-bond donors (Lipinski definition) is 2. The molecular formula is C15H22ClN3O2. The summed E-state index contributed by atoms with van der Waals surface area (Å²) >= 11 is 5.83. The first-order valence-corrected chi connectivity index (χ1v) is 7.57. The smallest absolute Gasteiger partial charge is 0.225 e. The number of nitrogen functional groups attached to an aromatic ring is 1. The summed E-state index contributed by atoms with van der Waals surface area (Å²) in [5, 5.41) is 3.36. The molecule has 21 heavy (non-hydrogen) atoms. The molecule has 1 heterocycles. The van der Waals surface area contributed by atoms with Crippen LogP contribution in [0, 0.1) is 0 Å². The molecule has 5 nitrogen and oxygen atoms in total. The number of ether oxygens (including phenoxy) is 1. The SMILES string of the molecule is CN(CCC(=O)Nc1ccc(Cl)cc1N)CC1CCCO1. The second-order valence-electron chi connectivity index (χ2n) is 5.43. The molecule has 3 N–H and O–H groups in total. The Morgan fingerprint density at radius 2 is 2.38 bits per heavy atom. The topological polar surface area (TPSA) is 67.6 Å². The van der Waals surface area contributed by atoms with Crippen molar-refractivity contribution >= 4 is 28.9 Å². The molecule has 1 aliphatic rings. The fourth-order valence-corrected chi connectivity index (χ4v) is 2.56. The number of halogens is 1. The molecule has 1 aromatic carbocycles. The minimum atomic E-state index is -0.0526. The van der Waals surface area contributed by atoms with Crippen molar-refractivity contribution in [2.24, 2.45) is 0 Å². The summed E-state index contributed by atoms with van der Waals surface area (Å²) in [6.45, 7) is 2.42. The van der Waals surface area contributed by atoms with Gasteiger partial charge >= 0.3 is 0 Å². The Kier molecular flexibility index (Phi) is 5.85. The Morgan fingerprint density at radius 3 is 3.05 bits per heavy atom. The van der Waals surface area contributed by atoms with Crippen LogP contribution in [0.25, 0.3) is 0 Å². The van der Waals surface area contributed by atoms with Crippen LogP contribution in [0.3, 0.4) is 0 Å². The fraction of sp³-hybridized carbons (Fsp3) is 0.533. The number of anilines is 2. The van der Waals surface area contributed by atoms with Crippen molar-refractivity contribution in [2.45, 2.75) is 25.4 Å². The second-order valence-corrected chi connectivity index (χ2v) is 5.86. The van der Waals surface area contributed by atoms with E-state index in [0.29, 0.717) is 35.5 Å². The number of nitrogens with zero attached hydrogens (tertiary/aromatic N) is 1. The first kappa shape index (κ1) is 16.1. The summed E-state index contributed by atoms with van der Waals surface area (Å²) in [7, 11) is 2.01. The van der Waals surface area contributed by atoms with E-state index in [1.54, 1.807) is 18.2 Å². The Hall–Kier alpha value is -1.30. The molecule has 1 atom stereocenters. The average Bonchev–Trinajstić information content (AvgIpc) is 2.92. The van der Waals surface area contributed by atoms with Crippen molar-refractivity contribution < 1.29 is 9.53 Å². The molecule has 1 saturated heterocycles. The van der Waals surface area contributed by atoms with Crippen molar-refractivity contribution in [1.82, 2.24) is 4.90 Å². The molecule has 6 heteroatoms. The zero-order chi connectivity index (χ0) is 15.2. The third kappa shape index (κ3) is 5.19. The lowest BCUT2D eigenvalue weighted by Gasteiger charge is -2.20. The molecule has 1 amide bonds. The van der Waals surface area contributed by atoms with Gasteiger partial charge in [0.05, 0.1) is 17.5 Å². The van der Waals surface area contributed by atoms with E-state index in [4.69, 9.17) is 22.1 Å². The van der Waals surface area contributed by atoms with Gasteiger partial charge in [-0.25, -0.2) is 0 Å². The first-order valence-electron chi connectivity index (χ1n) is 7.19. The molecule has 1 unspecified atom stereocenters. The number of carbonyl (C=O) groups excluding carboxylic acids is 1. The molecule has 1 aliphatic heterocycles. The minimum Gasteiger partial charge on any atom is -0.397 e. The van der Waals surface area contributed by atoms with Crippen molar-refractivity contribution in [1.29, 1.82) is 0 Å². The number of likely N-dealkylation sites (N-methyl/N-ethyl adjacent to an activating group) is 1. The zero-order valence-corrected chi connectivity index (χ0v) is 13.0. The van der Waals surface area contributed by atoms with Crippen LogP contribution in [0.5, 0.6) is 0 Å². The monoisotopic (exact) mass is 311 g/mol. The quantitative estimate of drug-likeness (QED) is 0.791. The maximum atomic E-state index is 11.9. The average molecular weight is 312 g/mol. The molecule has 0 saturated carbocycles. The first-order chi connectivity index (χ1) is 10.0. The maximum Gasteiger partial charge on any atom is 0.225 e. The van der Waals surface area contributed by atoms with E-state index in [1.165, 1.54) is 0 Å². The van der Waals surface area contributed by atoms with Crippen LogP contribution in [0.4, 0.5) is 11.4 Å². The van der Waals surface area contributed by atoms with Crippen LogP contribution in [0.1, 0.15) is 19.3 Å². The fourth-order valence-electron chi connectivity index (χ4n) is 2.38. The summed E-state index contributed by atoms with van der Waals surface area (Å²) in [6, 6.07) is 5.05. The molecular weight excluding hydrogens is 290 g/mol. The lowest BCUT2D eigenvalue weighted by Crippen LogP contribution is -2.31. The highest BCUT2D eigenvalue weighted by Gasteiger charge is 2.17. The second kappa shape index (κ2) is 7.64. The predicted molar refractivity (Wildman–Crippen MR) is 85.6 cm³/mol. The van der Waals surface area contributed by atoms with Crippen molar-refractivity contribution in [3.8, 4) is 0 Å². The highest BCUT2D eigenvalue weighted by atomic mass is 35.5. The van der Waals surface area contributed by atoms with Gasteiger partial charge in [0.25, 0.3) is 0 Å². The number of carbonyl (C=O) groups is 1. The number of nitrogens with one attached hydrogen (secondary N) is 1. The maximum absolute atomic E-state index is 11.9. The lowest BCUT2D eigenvalue weighted by atomic mass is 10.2. The van der Waals surface area contributed by atoms with Crippen LogP contribution in [0.2, 0.25) is 5.02 Å². The van der Waals surface area contributed by atoms with Gasteiger partial charge in [0.1, 0.15) is 0 Å². The molecule has 2 rings (SSSR count). The molecule has 0 bridgehead atoms. The highest BCUT2D eigenvalue weighted by molar-refractivity contribution is 6.31. The Bertz CT molecular complexity index is 490. The van der Waals surface area contributed by atoms with E-state index in [-0.39, 0.29) is 5.91 Å². The van der Waals surface area contributed by atoms with E-state index in [0.717, 1.165) is 26.0 Å². The van der Waals surface area contributed by atoms with Crippen LogP contribution in [-0.2, 0) is 9.53 Å². The van der Waals surface area contributed by atoms with E-state index < -0.39 is 0 Å². The molecule has 1 fully saturated rings. The predicted octanol–water partition coefficient (Wildman–Crippen LogP) is 2.36. The van der Waals surface area contributed by atoms with Gasteiger partial charge in [0.2, 0.25) is 5.91 Å². The van der Waals surface area contributed by atoms with Gasteiger partial charge in [-0.1, -0.05) is 11.6 Å². The number of nitrogens with two attached hydrogens (primary N) is 1. The van der Waals surface area contributed by atoms with Crippen LogP contribution in [0.15, 0.2) is 18.2 Å². The molecule has 1 aromatic rings. The summed E-state index contributed by atoms with van der Waals surface area (Å²) in [6.07, 6.45) is 2.97. The molecule has 0 radical (unpaired) electrons. The van der Waals surface area contributed by atoms with Gasteiger partial charge in [-0.3, -0.25) is 4.79 Å². The normalized spacial score (nSPS) is 18.1. The van der Waals surface area contributed by atoms with Crippen LogP contribution in [-0.4, -0.2) is 43.7 Å². The summed E-state index contributed by atoms with van der Waals surface area (Å²) in [5.41, 5.74) is 6.89. The summed E-state index contributed by atoms with van der Waals surface area (Å²) < 4.78 is 5.58. The van der Waals surface area contributed by atoms with Crippen LogP contribution >= 0.6 is 11.6 Å². The third-order valence-corrected chi connectivity index (χ3v) is 3.78. The number of benzene rings is 1. The van der Waals surface area contributed by atoms with Gasteiger partial charge in [-0.15, -0.1) is 0 Å². The largest absolute Gasteiger partial charge is 0.397 e. The van der Waals surface area contributed by atoms with Crippen molar-refractivity contribution in [2.75, 3.05) is 37.8 Å². The molecule has 0 aliphatic carbocycles. The van der Waals surface area contributed by atoms with E-state index in [9.17, 15) is 4.79 Å². The van der Waals surface area contributed by atoms with Gasteiger partial charge in [-0.05, 0) is 38.1 Å². The highest BCUT2D eigenvalue weighted by Crippen LogP contribution is 2.22. The van der Waals surface area contributed by atoms with E-state index in [1.807, 2.05) is 7.05 Å². The minimum absolute atomic E-state index is 0.0526. The van der Waals surface area contributed by atoms with E-state index >= 15 is 0 Å². The Morgan fingerprint density at radius 1 is 1.57 bits per heavy atom. The standard InChI is InChI=1S/C15H22ClN3O2/c1-19(10-12-3-2-8-21-12)7-6-15(20)18-14-5-4-11(16)9-13(14)17/h4-5,9,12H,2-3,6-8,10,17H2,1H3,(H,18,20). The Balaban J connectivity index is 1.73. The molecule has 116 valence electrons. The zero-order valence-electron chi connectivity index (χ0n) is 12.3. The van der Waals surface area contributed by atoms with Crippen LogP contribution < -0.4 is 11.1 Å². The van der Waals surface area contributed by atoms with Gasteiger partial charge in [-0.2, -0.15) is 0 Å². The van der Waals surface area contributed by atoms with Gasteiger partial charge < -0.3 is 20.7 Å². The molecule has 0 aromatic heterocycles. The summed E-state index contributed by atoms with van der Waals surface area (Å²) in [4.78, 5) is 14.1. The van der Waals surface area contributed by atoms with Crippen molar-refractivity contribution in [3.05, 3.63) is 23.2 Å². The number of hydrogen-bond acceptors (Lipinski definition) is 4. The molecule has 0 spiro atoms. The third-order valence-electron chi connectivity index (χ3n) is 3.55. The van der Waals surface area contributed by atoms with E-state index in [2.05, 4.69) is 10.2 Å². The summed E-state index contributed by atoms with van der Waals surface area (Å²) in [5.74, 6) is -0.0526. The number of amides is 1. The Labute approximate surface area is 130 Å². The lowest BCUT2D eigenvalue weighted by molar-refractivity contribution is -0.116. The van der Waals surface area contributed by atoms with Gasteiger partial charge in [0, 0.05) is 31.1 Å². The van der Waals surface area contributed by atoms with Gasteiger partial charge in [0.15, 0.2) is 0 Å². The number of rotatable bonds is 6.